The highest BCUT2D eigenvalue weighted by Gasteiger charge is 2.16. The van der Waals surface area contributed by atoms with Gasteiger partial charge in [0, 0.05) is 5.39 Å². The van der Waals surface area contributed by atoms with E-state index in [4.69, 9.17) is 9.47 Å². The van der Waals surface area contributed by atoms with Gasteiger partial charge < -0.3 is 14.8 Å². The van der Waals surface area contributed by atoms with Crippen molar-refractivity contribution < 1.29 is 14.3 Å². The van der Waals surface area contributed by atoms with Crippen LogP contribution in [0.25, 0.3) is 10.8 Å². The fraction of sp³-hybridized carbons (Fsp3) is 0.375. The zero-order chi connectivity index (χ0) is 22.5. The first kappa shape index (κ1) is 22.3. The van der Waals surface area contributed by atoms with Gasteiger partial charge in [0.05, 0.1) is 30.8 Å². The van der Waals surface area contributed by atoms with Crippen LogP contribution >= 0.6 is 0 Å². The van der Waals surface area contributed by atoms with Crippen LogP contribution in [0.1, 0.15) is 38.1 Å². The van der Waals surface area contributed by atoms with Crippen molar-refractivity contribution in [3.8, 4) is 11.5 Å². The summed E-state index contributed by atoms with van der Waals surface area (Å²) in [7, 11) is 1.59. The number of benzene rings is 2. The summed E-state index contributed by atoms with van der Waals surface area (Å²) in [5.74, 6) is 1.39. The Bertz CT molecular complexity index is 1140. The molecule has 0 radical (unpaired) electrons. The highest BCUT2D eigenvalue weighted by molar-refractivity contribution is 5.83. The van der Waals surface area contributed by atoms with Gasteiger partial charge in [-0.1, -0.05) is 38.1 Å². The molecule has 31 heavy (non-hydrogen) atoms. The number of ether oxygens (including phenoxy) is 2. The Kier molecular flexibility index (Phi) is 6.95. The molecule has 1 N–H and O–H groups in total. The molecule has 1 atom stereocenters. The molecule has 0 bridgehead atoms. The second-order valence-electron chi connectivity index (χ2n) is 8.00. The maximum absolute atomic E-state index is 12.7. The lowest BCUT2D eigenvalue weighted by Gasteiger charge is -2.18. The number of rotatable bonds is 8. The largest absolute Gasteiger partial charge is 0.493 e. The van der Waals surface area contributed by atoms with Crippen molar-refractivity contribution in [3.63, 3.8) is 0 Å². The van der Waals surface area contributed by atoms with E-state index >= 15 is 0 Å². The molecule has 164 valence electrons. The molecule has 0 aliphatic carbocycles. The van der Waals surface area contributed by atoms with Crippen molar-refractivity contribution in [2.24, 2.45) is 5.92 Å². The van der Waals surface area contributed by atoms with Crippen molar-refractivity contribution in [2.45, 2.75) is 40.3 Å². The third kappa shape index (κ3) is 5.23. The number of nitrogens with zero attached hydrogens (tertiary/aromatic N) is 2. The number of amides is 1. The molecule has 0 saturated heterocycles. The Hall–Kier alpha value is -3.35. The number of carbonyl (C=O) groups excluding carboxylic acids is 1. The van der Waals surface area contributed by atoms with E-state index in [0.29, 0.717) is 35.1 Å². The first-order chi connectivity index (χ1) is 14.8. The molecule has 3 aromatic rings. The summed E-state index contributed by atoms with van der Waals surface area (Å²) in [6, 6.07) is 12.6. The first-order valence-corrected chi connectivity index (χ1v) is 10.4. The summed E-state index contributed by atoms with van der Waals surface area (Å²) >= 11 is 0. The number of hydrogen-bond donors (Lipinski definition) is 1. The molecule has 7 nitrogen and oxygen atoms in total. The lowest BCUT2D eigenvalue weighted by Crippen LogP contribution is -2.35. The maximum Gasteiger partial charge on any atom is 0.275 e. The van der Waals surface area contributed by atoms with Crippen molar-refractivity contribution >= 4 is 16.7 Å². The zero-order valence-corrected chi connectivity index (χ0v) is 18.6. The minimum absolute atomic E-state index is 0.151. The van der Waals surface area contributed by atoms with Crippen molar-refractivity contribution in [2.75, 3.05) is 13.7 Å². The number of methoxy groups -OCH3 is 1. The minimum atomic E-state index is -0.295. The van der Waals surface area contributed by atoms with E-state index in [0.717, 1.165) is 10.9 Å². The highest BCUT2D eigenvalue weighted by atomic mass is 16.5. The predicted octanol–water partition coefficient (Wildman–Crippen LogP) is 3.63. The fourth-order valence-electron chi connectivity index (χ4n) is 3.35. The van der Waals surface area contributed by atoms with Crippen LogP contribution in [-0.2, 0) is 11.3 Å². The van der Waals surface area contributed by atoms with Crippen LogP contribution in [0, 0.1) is 12.8 Å². The van der Waals surface area contributed by atoms with Crippen LogP contribution < -0.4 is 20.3 Å². The molecule has 7 heteroatoms. The number of hydrogen-bond acceptors (Lipinski definition) is 5. The summed E-state index contributed by atoms with van der Waals surface area (Å²) in [6.45, 7) is 8.30. The van der Waals surface area contributed by atoms with Crippen LogP contribution in [0.5, 0.6) is 11.5 Å². The van der Waals surface area contributed by atoms with Gasteiger partial charge in [-0.3, -0.25) is 9.59 Å². The number of carbonyl (C=O) groups is 1. The maximum atomic E-state index is 12.7. The molecule has 1 unspecified atom stereocenters. The molecular formula is C24H29N3O4. The summed E-state index contributed by atoms with van der Waals surface area (Å²) in [5, 5.41) is 8.58. The molecule has 0 spiro atoms. The van der Waals surface area contributed by atoms with Gasteiger partial charge in [0.25, 0.3) is 5.56 Å². The smallest absolute Gasteiger partial charge is 0.275 e. The molecule has 1 aromatic heterocycles. The van der Waals surface area contributed by atoms with Crippen LogP contribution in [0.3, 0.4) is 0 Å². The zero-order valence-electron chi connectivity index (χ0n) is 18.6. The normalized spacial score (nSPS) is 12.1. The summed E-state index contributed by atoms with van der Waals surface area (Å²) in [6.07, 6.45) is 0. The minimum Gasteiger partial charge on any atom is -0.493 e. The highest BCUT2D eigenvalue weighted by Crippen LogP contribution is 2.30. The SMILES string of the molecule is COc1cc(C(C)NC(=O)Cn2nc(C)c3ccccc3c2=O)ccc1OCC(C)C. The van der Waals surface area contributed by atoms with E-state index in [2.05, 4.69) is 24.3 Å². The lowest BCUT2D eigenvalue weighted by molar-refractivity contribution is -0.122. The molecule has 0 fully saturated rings. The van der Waals surface area contributed by atoms with Gasteiger partial charge in [-0.2, -0.15) is 5.10 Å². The van der Waals surface area contributed by atoms with E-state index < -0.39 is 0 Å². The summed E-state index contributed by atoms with van der Waals surface area (Å²) in [5.41, 5.74) is 1.30. The van der Waals surface area contributed by atoms with Gasteiger partial charge in [0.2, 0.25) is 5.91 Å². The van der Waals surface area contributed by atoms with Crippen molar-refractivity contribution in [3.05, 3.63) is 64.1 Å². The topological polar surface area (TPSA) is 82.5 Å². The average molecular weight is 424 g/mol. The van der Waals surface area contributed by atoms with Gasteiger partial charge >= 0.3 is 0 Å². The quantitative estimate of drug-likeness (QED) is 0.598. The summed E-state index contributed by atoms with van der Waals surface area (Å²) in [4.78, 5) is 25.3. The molecule has 2 aromatic carbocycles. The third-order valence-electron chi connectivity index (χ3n) is 4.98. The molecule has 1 heterocycles. The molecule has 3 rings (SSSR count). The lowest BCUT2D eigenvalue weighted by atomic mass is 10.1. The number of aryl methyl sites for hydroxylation is 1. The summed E-state index contributed by atoms with van der Waals surface area (Å²) < 4.78 is 12.4. The Morgan fingerprint density at radius 1 is 1.10 bits per heavy atom. The van der Waals surface area contributed by atoms with E-state index in [1.807, 2.05) is 44.2 Å². The number of nitrogens with one attached hydrogen (secondary N) is 1. The second-order valence-corrected chi connectivity index (χ2v) is 8.00. The van der Waals surface area contributed by atoms with Gasteiger partial charge in [-0.25, -0.2) is 4.68 Å². The van der Waals surface area contributed by atoms with Crippen LogP contribution in [-0.4, -0.2) is 29.4 Å². The molecular weight excluding hydrogens is 394 g/mol. The van der Waals surface area contributed by atoms with E-state index in [1.54, 1.807) is 19.2 Å². The van der Waals surface area contributed by atoms with Gasteiger partial charge in [-0.05, 0) is 43.5 Å². The van der Waals surface area contributed by atoms with Gasteiger partial charge in [-0.15, -0.1) is 0 Å². The Morgan fingerprint density at radius 3 is 2.48 bits per heavy atom. The van der Waals surface area contributed by atoms with Gasteiger partial charge in [0.15, 0.2) is 11.5 Å². The third-order valence-corrected chi connectivity index (χ3v) is 4.98. The van der Waals surface area contributed by atoms with E-state index in [9.17, 15) is 9.59 Å². The average Bonchev–Trinajstić information content (AvgIpc) is 2.75. The Morgan fingerprint density at radius 2 is 1.81 bits per heavy atom. The second kappa shape index (κ2) is 9.64. The fourth-order valence-corrected chi connectivity index (χ4v) is 3.35. The molecule has 0 saturated carbocycles. The Balaban J connectivity index is 1.73. The predicted molar refractivity (Wildman–Crippen MR) is 121 cm³/mol. The van der Waals surface area contributed by atoms with E-state index in [-0.39, 0.29) is 24.1 Å². The number of fused-ring (bicyclic) bond motifs is 1. The van der Waals surface area contributed by atoms with Gasteiger partial charge in [0.1, 0.15) is 6.54 Å². The van der Waals surface area contributed by atoms with Crippen LogP contribution in [0.2, 0.25) is 0 Å². The molecule has 0 aliphatic heterocycles. The number of aromatic nitrogens is 2. The van der Waals surface area contributed by atoms with E-state index in [1.165, 1.54) is 4.68 Å². The standard InChI is InChI=1S/C24H29N3O4/c1-15(2)14-31-21-11-10-18(12-22(21)30-5)16(3)25-23(28)13-27-24(29)20-9-7-6-8-19(20)17(4)26-27/h6-12,15-16H,13-14H2,1-5H3,(H,25,28). The molecule has 1 amide bonds. The molecule has 0 aliphatic rings. The van der Waals surface area contributed by atoms with Crippen molar-refractivity contribution in [1.29, 1.82) is 0 Å². The van der Waals surface area contributed by atoms with Crippen molar-refractivity contribution in [1.82, 2.24) is 15.1 Å². The van der Waals surface area contributed by atoms with Crippen LogP contribution in [0.4, 0.5) is 0 Å². The first-order valence-electron chi connectivity index (χ1n) is 10.4. The monoisotopic (exact) mass is 423 g/mol. The van der Waals surface area contributed by atoms with Crippen LogP contribution in [0.15, 0.2) is 47.3 Å². The Labute approximate surface area is 182 Å².